The van der Waals surface area contributed by atoms with Crippen molar-refractivity contribution in [1.82, 2.24) is 14.9 Å². The number of hydrogen-bond donors (Lipinski definition) is 0. The van der Waals surface area contributed by atoms with Crippen molar-refractivity contribution >= 4 is 5.91 Å². The second kappa shape index (κ2) is 8.75. The van der Waals surface area contributed by atoms with Gasteiger partial charge in [0.2, 0.25) is 5.91 Å². The molecule has 4 heteroatoms. The monoisotopic (exact) mass is 337 g/mol. The number of benzene rings is 1. The Morgan fingerprint density at radius 3 is 2.92 bits per heavy atom. The van der Waals surface area contributed by atoms with Gasteiger partial charge in [-0.05, 0) is 56.1 Å². The lowest BCUT2D eigenvalue weighted by molar-refractivity contribution is -0.133. The van der Waals surface area contributed by atoms with Crippen LogP contribution in [0, 0.1) is 12.8 Å². The number of nitrogens with zero attached hydrogens (tertiary/aromatic N) is 3. The SMILES string of the molecule is Cc1ccccc1CC[C@@H]1CCCN(C(=O)CCc2cnccn2)C1. The zero-order valence-corrected chi connectivity index (χ0v) is 15.0. The average molecular weight is 337 g/mol. The van der Waals surface area contributed by atoms with Crippen LogP contribution in [0.15, 0.2) is 42.9 Å². The molecule has 25 heavy (non-hydrogen) atoms. The Balaban J connectivity index is 1.47. The van der Waals surface area contributed by atoms with E-state index < -0.39 is 0 Å². The smallest absolute Gasteiger partial charge is 0.222 e. The summed E-state index contributed by atoms with van der Waals surface area (Å²) >= 11 is 0. The van der Waals surface area contributed by atoms with Crippen molar-refractivity contribution in [2.75, 3.05) is 13.1 Å². The summed E-state index contributed by atoms with van der Waals surface area (Å²) in [5, 5.41) is 0. The van der Waals surface area contributed by atoms with Crippen LogP contribution in [-0.4, -0.2) is 33.9 Å². The second-order valence-electron chi connectivity index (χ2n) is 7.01. The molecule has 0 radical (unpaired) electrons. The van der Waals surface area contributed by atoms with Gasteiger partial charge in [-0.15, -0.1) is 0 Å². The van der Waals surface area contributed by atoms with E-state index in [0.29, 0.717) is 18.8 Å². The molecule has 2 heterocycles. The van der Waals surface area contributed by atoms with E-state index in [1.54, 1.807) is 18.6 Å². The summed E-state index contributed by atoms with van der Waals surface area (Å²) in [5.74, 6) is 0.875. The van der Waals surface area contributed by atoms with E-state index in [2.05, 4.69) is 46.1 Å². The third kappa shape index (κ3) is 5.12. The lowest BCUT2D eigenvalue weighted by Crippen LogP contribution is -2.40. The Hall–Kier alpha value is -2.23. The van der Waals surface area contributed by atoms with Crippen molar-refractivity contribution in [2.45, 2.75) is 45.4 Å². The van der Waals surface area contributed by atoms with Gasteiger partial charge in [0.25, 0.3) is 0 Å². The van der Waals surface area contributed by atoms with E-state index in [1.165, 1.54) is 24.0 Å². The minimum atomic E-state index is 0.256. The fourth-order valence-electron chi connectivity index (χ4n) is 3.63. The van der Waals surface area contributed by atoms with Gasteiger partial charge in [0.15, 0.2) is 0 Å². The average Bonchev–Trinajstić information content (AvgIpc) is 2.66. The molecule has 0 bridgehead atoms. The lowest BCUT2D eigenvalue weighted by Gasteiger charge is -2.33. The Morgan fingerprint density at radius 2 is 2.12 bits per heavy atom. The van der Waals surface area contributed by atoms with Gasteiger partial charge in [-0.3, -0.25) is 14.8 Å². The van der Waals surface area contributed by atoms with E-state index >= 15 is 0 Å². The lowest BCUT2D eigenvalue weighted by atomic mass is 9.90. The number of aromatic nitrogens is 2. The summed E-state index contributed by atoms with van der Waals surface area (Å²) in [6.45, 7) is 3.99. The van der Waals surface area contributed by atoms with E-state index in [4.69, 9.17) is 0 Å². The molecule has 1 fully saturated rings. The first kappa shape index (κ1) is 17.6. The van der Waals surface area contributed by atoms with Crippen LogP contribution >= 0.6 is 0 Å². The second-order valence-corrected chi connectivity index (χ2v) is 7.01. The molecule has 0 saturated carbocycles. The number of rotatable bonds is 6. The van der Waals surface area contributed by atoms with Crippen LogP contribution in [0.3, 0.4) is 0 Å². The molecule has 1 aromatic heterocycles. The third-order valence-electron chi connectivity index (χ3n) is 5.17. The molecule has 1 aliphatic rings. The summed E-state index contributed by atoms with van der Waals surface area (Å²) < 4.78 is 0. The molecular weight excluding hydrogens is 310 g/mol. The Morgan fingerprint density at radius 1 is 1.24 bits per heavy atom. The molecule has 0 N–H and O–H groups in total. The predicted octanol–water partition coefficient (Wildman–Crippen LogP) is 3.59. The first-order valence-electron chi connectivity index (χ1n) is 9.29. The number of carbonyl (C=O) groups excluding carboxylic acids is 1. The zero-order valence-electron chi connectivity index (χ0n) is 15.0. The first-order valence-corrected chi connectivity index (χ1v) is 9.29. The number of piperidine rings is 1. The molecule has 1 aliphatic heterocycles. The highest BCUT2D eigenvalue weighted by Crippen LogP contribution is 2.23. The molecule has 1 saturated heterocycles. The summed E-state index contributed by atoms with van der Waals surface area (Å²) in [7, 11) is 0. The van der Waals surface area contributed by atoms with Gasteiger partial charge >= 0.3 is 0 Å². The Labute approximate surface area is 150 Å². The molecular formula is C21H27N3O. The van der Waals surface area contributed by atoms with Crippen LogP contribution in [0.25, 0.3) is 0 Å². The maximum absolute atomic E-state index is 12.5. The minimum absolute atomic E-state index is 0.256. The van der Waals surface area contributed by atoms with Crippen molar-refractivity contribution < 1.29 is 4.79 Å². The molecule has 0 unspecified atom stereocenters. The highest BCUT2D eigenvalue weighted by molar-refractivity contribution is 5.76. The number of hydrogen-bond acceptors (Lipinski definition) is 3. The van der Waals surface area contributed by atoms with E-state index in [0.717, 1.165) is 31.6 Å². The van der Waals surface area contributed by atoms with Gasteiger partial charge in [-0.1, -0.05) is 24.3 Å². The van der Waals surface area contributed by atoms with Crippen LogP contribution in [0.2, 0.25) is 0 Å². The van der Waals surface area contributed by atoms with Gasteiger partial charge in [0, 0.05) is 38.1 Å². The summed E-state index contributed by atoms with van der Waals surface area (Å²) in [4.78, 5) is 22.9. The number of aryl methyl sites for hydroxylation is 3. The summed E-state index contributed by atoms with van der Waals surface area (Å²) in [6.07, 6.45) is 10.9. The van der Waals surface area contributed by atoms with Crippen molar-refractivity contribution in [3.8, 4) is 0 Å². The van der Waals surface area contributed by atoms with Gasteiger partial charge in [-0.2, -0.15) is 0 Å². The number of carbonyl (C=O) groups is 1. The van der Waals surface area contributed by atoms with Gasteiger partial charge in [0.1, 0.15) is 0 Å². The third-order valence-corrected chi connectivity index (χ3v) is 5.17. The quantitative estimate of drug-likeness (QED) is 0.809. The number of likely N-dealkylation sites (tertiary alicyclic amines) is 1. The fraction of sp³-hybridized carbons (Fsp3) is 0.476. The number of amides is 1. The molecule has 4 nitrogen and oxygen atoms in total. The Kier molecular flexibility index (Phi) is 6.15. The maximum Gasteiger partial charge on any atom is 0.222 e. The summed E-state index contributed by atoms with van der Waals surface area (Å²) in [5.41, 5.74) is 3.70. The van der Waals surface area contributed by atoms with Crippen LogP contribution in [0.4, 0.5) is 0 Å². The Bertz CT molecular complexity index is 687. The van der Waals surface area contributed by atoms with Crippen LogP contribution in [0.5, 0.6) is 0 Å². The predicted molar refractivity (Wildman–Crippen MR) is 99.2 cm³/mol. The van der Waals surface area contributed by atoms with Crippen molar-refractivity contribution in [1.29, 1.82) is 0 Å². The minimum Gasteiger partial charge on any atom is -0.342 e. The van der Waals surface area contributed by atoms with Gasteiger partial charge in [-0.25, -0.2) is 0 Å². The van der Waals surface area contributed by atoms with E-state index in [-0.39, 0.29) is 5.91 Å². The van der Waals surface area contributed by atoms with E-state index in [9.17, 15) is 4.79 Å². The van der Waals surface area contributed by atoms with Crippen molar-refractivity contribution in [3.05, 3.63) is 59.7 Å². The van der Waals surface area contributed by atoms with Crippen molar-refractivity contribution in [2.24, 2.45) is 5.92 Å². The molecule has 132 valence electrons. The maximum atomic E-state index is 12.5. The van der Waals surface area contributed by atoms with Crippen molar-refractivity contribution in [3.63, 3.8) is 0 Å². The van der Waals surface area contributed by atoms with Crippen LogP contribution in [-0.2, 0) is 17.6 Å². The van der Waals surface area contributed by atoms with Crippen LogP contribution < -0.4 is 0 Å². The molecule has 2 aromatic rings. The van der Waals surface area contributed by atoms with Gasteiger partial charge in [0.05, 0.1) is 5.69 Å². The highest BCUT2D eigenvalue weighted by Gasteiger charge is 2.23. The fourth-order valence-corrected chi connectivity index (χ4v) is 3.63. The van der Waals surface area contributed by atoms with E-state index in [1.807, 2.05) is 0 Å². The highest BCUT2D eigenvalue weighted by atomic mass is 16.2. The molecule has 1 amide bonds. The standard InChI is InChI=1S/C21H27N3O/c1-17-5-2-3-7-19(17)9-8-18-6-4-14-24(16-18)21(25)11-10-20-15-22-12-13-23-20/h2-3,5,7,12-13,15,18H,4,6,8-11,14,16H2,1H3/t18-/m0/s1. The zero-order chi connectivity index (χ0) is 17.5. The topological polar surface area (TPSA) is 46.1 Å². The first-order chi connectivity index (χ1) is 12.2. The van der Waals surface area contributed by atoms with Gasteiger partial charge < -0.3 is 4.90 Å². The molecule has 0 aliphatic carbocycles. The normalized spacial score (nSPS) is 17.5. The molecule has 1 atom stereocenters. The largest absolute Gasteiger partial charge is 0.342 e. The molecule has 0 spiro atoms. The van der Waals surface area contributed by atoms with Crippen LogP contribution in [0.1, 0.15) is 42.5 Å². The molecule has 1 aromatic carbocycles. The molecule has 3 rings (SSSR count). The summed E-state index contributed by atoms with van der Waals surface area (Å²) in [6, 6.07) is 8.61.